The highest BCUT2D eigenvalue weighted by molar-refractivity contribution is 6.09. The maximum atomic E-state index is 9.28. The van der Waals surface area contributed by atoms with Crippen LogP contribution in [0, 0.1) is 5.92 Å². The van der Waals surface area contributed by atoms with Gasteiger partial charge in [-0.2, -0.15) is 0 Å². The highest BCUT2D eigenvalue weighted by atomic mass is 16.3. The van der Waals surface area contributed by atoms with Gasteiger partial charge in [0.2, 0.25) is 0 Å². The van der Waals surface area contributed by atoms with Gasteiger partial charge in [-0.1, -0.05) is 18.9 Å². The fourth-order valence-corrected chi connectivity index (χ4v) is 2.76. The first-order valence-corrected chi connectivity index (χ1v) is 6.38. The van der Waals surface area contributed by atoms with Crippen LogP contribution in [0.15, 0.2) is 41.4 Å². The zero-order valence-corrected chi connectivity index (χ0v) is 9.84. The molecule has 3 rings (SSSR count). The van der Waals surface area contributed by atoms with E-state index in [2.05, 4.69) is 12.2 Å². The molecule has 1 N–H and O–H groups in total. The van der Waals surface area contributed by atoms with Crippen LogP contribution in [0.1, 0.15) is 31.2 Å². The lowest BCUT2D eigenvalue weighted by molar-refractivity contribution is 0.361. The van der Waals surface area contributed by atoms with Crippen molar-refractivity contribution in [3.63, 3.8) is 0 Å². The van der Waals surface area contributed by atoms with Gasteiger partial charge in [0.1, 0.15) is 5.75 Å². The minimum Gasteiger partial charge on any atom is -0.508 e. The summed E-state index contributed by atoms with van der Waals surface area (Å²) in [6.45, 7) is 0. The number of hydrogen-bond donors (Lipinski definition) is 1. The summed E-state index contributed by atoms with van der Waals surface area (Å²) in [5, 5.41) is 9.28. The first kappa shape index (κ1) is 10.6. The van der Waals surface area contributed by atoms with Gasteiger partial charge in [-0.15, -0.1) is 0 Å². The Morgan fingerprint density at radius 2 is 1.82 bits per heavy atom. The summed E-state index contributed by atoms with van der Waals surface area (Å²) in [7, 11) is 0. The Balaban J connectivity index is 1.87. The van der Waals surface area contributed by atoms with Gasteiger partial charge < -0.3 is 5.11 Å². The fourth-order valence-electron chi connectivity index (χ4n) is 2.76. The van der Waals surface area contributed by atoms with Crippen LogP contribution in [0.4, 0.5) is 0 Å². The number of aliphatic imine (C=N–C) groups is 1. The normalized spacial score (nSPS) is 27.4. The Bertz CT molecular complexity index is 458. The van der Waals surface area contributed by atoms with Crippen LogP contribution in [-0.2, 0) is 0 Å². The van der Waals surface area contributed by atoms with E-state index >= 15 is 0 Å². The van der Waals surface area contributed by atoms with Crippen LogP contribution in [0.5, 0.6) is 5.75 Å². The maximum absolute atomic E-state index is 9.28. The van der Waals surface area contributed by atoms with E-state index in [-0.39, 0.29) is 0 Å². The van der Waals surface area contributed by atoms with Crippen molar-refractivity contribution in [2.24, 2.45) is 10.9 Å². The lowest BCUT2D eigenvalue weighted by atomic mass is 9.82. The quantitative estimate of drug-likeness (QED) is 0.784. The Hall–Kier alpha value is -1.57. The summed E-state index contributed by atoms with van der Waals surface area (Å²) in [6, 6.07) is 7.79. The van der Waals surface area contributed by atoms with Crippen molar-refractivity contribution in [2.75, 3.05) is 0 Å². The molecule has 0 amide bonds. The molecular weight excluding hydrogens is 210 g/mol. The van der Waals surface area contributed by atoms with Crippen LogP contribution in [0.25, 0.3) is 0 Å². The molecule has 0 radical (unpaired) electrons. The molecule has 1 fully saturated rings. The van der Waals surface area contributed by atoms with E-state index in [9.17, 15) is 5.11 Å². The van der Waals surface area contributed by atoms with E-state index in [1.807, 2.05) is 12.1 Å². The molecule has 0 unspecified atom stereocenters. The smallest absolute Gasteiger partial charge is 0.115 e. The molecule has 0 bridgehead atoms. The summed E-state index contributed by atoms with van der Waals surface area (Å²) >= 11 is 0. The number of phenols is 1. The molecule has 1 aliphatic carbocycles. The zero-order chi connectivity index (χ0) is 11.7. The SMILES string of the molecule is Oc1ccc(C2=N[C@@H]3CCCC[C@@H]3C=C2)cc1. The minimum atomic E-state index is 0.310. The number of nitrogens with zero attached hydrogens (tertiary/aromatic N) is 1. The number of benzene rings is 1. The number of fused-ring (bicyclic) bond motifs is 1. The van der Waals surface area contributed by atoms with E-state index in [1.165, 1.54) is 25.7 Å². The average molecular weight is 227 g/mol. The second kappa shape index (κ2) is 4.36. The van der Waals surface area contributed by atoms with Crippen LogP contribution in [0.2, 0.25) is 0 Å². The van der Waals surface area contributed by atoms with Gasteiger partial charge >= 0.3 is 0 Å². The standard InChI is InChI=1S/C15H17NO/c17-13-8-5-12(6-9-13)15-10-7-11-3-1-2-4-14(11)16-15/h5-11,14,17H,1-4H2/t11-,14-/m1/s1. The summed E-state index contributed by atoms with van der Waals surface area (Å²) in [5.41, 5.74) is 2.16. The van der Waals surface area contributed by atoms with E-state index in [1.54, 1.807) is 12.1 Å². The topological polar surface area (TPSA) is 32.6 Å². The van der Waals surface area contributed by atoms with Gasteiger partial charge in [-0.05, 0) is 54.7 Å². The molecule has 0 saturated heterocycles. The zero-order valence-electron chi connectivity index (χ0n) is 9.84. The molecule has 0 aromatic heterocycles. The first-order valence-electron chi connectivity index (χ1n) is 6.38. The third-order valence-electron chi connectivity index (χ3n) is 3.75. The van der Waals surface area contributed by atoms with Gasteiger partial charge in [-0.3, -0.25) is 4.99 Å². The van der Waals surface area contributed by atoms with Crippen LogP contribution in [0.3, 0.4) is 0 Å². The monoisotopic (exact) mass is 227 g/mol. The van der Waals surface area contributed by atoms with Crippen molar-refractivity contribution in [1.29, 1.82) is 0 Å². The number of dihydropyridines is 1. The van der Waals surface area contributed by atoms with E-state index in [0.717, 1.165) is 11.3 Å². The summed E-state index contributed by atoms with van der Waals surface area (Å²) in [6.07, 6.45) is 9.61. The van der Waals surface area contributed by atoms with E-state index in [0.29, 0.717) is 17.7 Å². The average Bonchev–Trinajstić information content (AvgIpc) is 2.39. The number of aromatic hydroxyl groups is 1. The Morgan fingerprint density at radius 3 is 2.65 bits per heavy atom. The third-order valence-corrected chi connectivity index (χ3v) is 3.75. The van der Waals surface area contributed by atoms with Crippen molar-refractivity contribution >= 4 is 5.71 Å². The molecule has 1 aliphatic heterocycles. The highest BCUT2D eigenvalue weighted by Crippen LogP contribution is 2.31. The number of rotatable bonds is 1. The maximum Gasteiger partial charge on any atom is 0.115 e. The Kier molecular flexibility index (Phi) is 2.71. The van der Waals surface area contributed by atoms with Crippen molar-refractivity contribution in [3.8, 4) is 5.75 Å². The lowest BCUT2D eigenvalue weighted by Crippen LogP contribution is -2.25. The lowest BCUT2D eigenvalue weighted by Gasteiger charge is -2.29. The summed E-state index contributed by atoms with van der Waals surface area (Å²) < 4.78 is 0. The van der Waals surface area contributed by atoms with Crippen molar-refractivity contribution < 1.29 is 5.11 Å². The van der Waals surface area contributed by atoms with Crippen molar-refractivity contribution in [1.82, 2.24) is 0 Å². The second-order valence-electron chi connectivity index (χ2n) is 4.94. The molecule has 1 aromatic rings. The van der Waals surface area contributed by atoms with Gasteiger partial charge in [0.05, 0.1) is 11.8 Å². The number of phenolic OH excluding ortho intramolecular Hbond substituents is 1. The van der Waals surface area contributed by atoms with E-state index in [4.69, 9.17) is 4.99 Å². The largest absolute Gasteiger partial charge is 0.508 e. The molecule has 17 heavy (non-hydrogen) atoms. The Morgan fingerprint density at radius 1 is 1.06 bits per heavy atom. The first-order chi connectivity index (χ1) is 8.33. The summed E-state index contributed by atoms with van der Waals surface area (Å²) in [4.78, 5) is 4.85. The molecule has 1 heterocycles. The van der Waals surface area contributed by atoms with Gasteiger partial charge in [0, 0.05) is 0 Å². The predicted octanol–water partition coefficient (Wildman–Crippen LogP) is 3.31. The third kappa shape index (κ3) is 2.12. The number of allylic oxidation sites excluding steroid dienone is 1. The van der Waals surface area contributed by atoms with E-state index < -0.39 is 0 Å². The van der Waals surface area contributed by atoms with Gasteiger partial charge in [-0.25, -0.2) is 0 Å². The van der Waals surface area contributed by atoms with Crippen LogP contribution in [-0.4, -0.2) is 16.9 Å². The van der Waals surface area contributed by atoms with Crippen LogP contribution < -0.4 is 0 Å². The minimum absolute atomic E-state index is 0.310. The molecule has 2 nitrogen and oxygen atoms in total. The molecule has 88 valence electrons. The second-order valence-corrected chi connectivity index (χ2v) is 4.94. The van der Waals surface area contributed by atoms with Crippen molar-refractivity contribution in [2.45, 2.75) is 31.7 Å². The van der Waals surface area contributed by atoms with Crippen molar-refractivity contribution in [3.05, 3.63) is 42.0 Å². The molecule has 1 aromatic carbocycles. The highest BCUT2D eigenvalue weighted by Gasteiger charge is 2.25. The molecule has 2 atom stereocenters. The molecule has 2 heteroatoms. The number of hydrogen-bond acceptors (Lipinski definition) is 2. The summed E-state index contributed by atoms with van der Waals surface area (Å²) in [5.74, 6) is 0.967. The molecule has 2 aliphatic rings. The molecule has 0 spiro atoms. The Labute approximate surface area is 102 Å². The van der Waals surface area contributed by atoms with Gasteiger partial charge in [0.15, 0.2) is 0 Å². The predicted molar refractivity (Wildman–Crippen MR) is 69.5 cm³/mol. The molecular formula is C15H17NO. The van der Waals surface area contributed by atoms with Crippen LogP contribution >= 0.6 is 0 Å². The van der Waals surface area contributed by atoms with Gasteiger partial charge in [0.25, 0.3) is 0 Å². The fraction of sp³-hybridized carbons (Fsp3) is 0.400. The molecule has 1 saturated carbocycles.